The normalized spacial score (nSPS) is 13.1. The second-order valence-electron chi connectivity index (χ2n) is 5.29. The fraction of sp³-hybridized carbons (Fsp3) is 0.600. The lowest BCUT2D eigenvalue weighted by Gasteiger charge is -2.19. The fourth-order valence-electron chi connectivity index (χ4n) is 1.91. The van der Waals surface area contributed by atoms with Crippen LogP contribution in [0.25, 0.3) is 0 Å². The summed E-state index contributed by atoms with van der Waals surface area (Å²) in [6.45, 7) is 11.5. The second kappa shape index (κ2) is 6.77. The summed E-state index contributed by atoms with van der Waals surface area (Å²) < 4.78 is 0. The Morgan fingerprint density at radius 3 is 2.41 bits per heavy atom. The van der Waals surface area contributed by atoms with Crippen LogP contribution < -0.4 is 11.1 Å². The van der Waals surface area contributed by atoms with Gasteiger partial charge in [0.1, 0.15) is 0 Å². The van der Waals surface area contributed by atoms with Gasteiger partial charge in [0, 0.05) is 6.54 Å². The highest BCUT2D eigenvalue weighted by molar-refractivity contribution is 5.29. The number of benzene rings is 1. The zero-order valence-corrected chi connectivity index (χ0v) is 11.6. The van der Waals surface area contributed by atoms with E-state index in [4.69, 9.17) is 5.73 Å². The average Bonchev–Trinajstić information content (AvgIpc) is 2.28. The van der Waals surface area contributed by atoms with Crippen molar-refractivity contribution in [1.82, 2.24) is 5.32 Å². The molecule has 3 N–H and O–H groups in total. The van der Waals surface area contributed by atoms with Crippen molar-refractivity contribution in [2.75, 3.05) is 13.1 Å². The van der Waals surface area contributed by atoms with E-state index >= 15 is 0 Å². The molecule has 0 aliphatic rings. The summed E-state index contributed by atoms with van der Waals surface area (Å²) in [5.41, 5.74) is 9.83. The summed E-state index contributed by atoms with van der Waals surface area (Å²) in [7, 11) is 0. The molecular weight excluding hydrogens is 208 g/mol. The molecule has 0 saturated carbocycles. The minimum absolute atomic E-state index is 0.571. The summed E-state index contributed by atoms with van der Waals surface area (Å²) in [6.07, 6.45) is 0. The molecule has 1 unspecified atom stereocenters. The van der Waals surface area contributed by atoms with E-state index in [2.05, 4.69) is 51.2 Å². The molecule has 1 rings (SSSR count). The Morgan fingerprint density at radius 2 is 1.88 bits per heavy atom. The Bertz CT molecular complexity index is 345. The van der Waals surface area contributed by atoms with Crippen LogP contribution >= 0.6 is 0 Å². The van der Waals surface area contributed by atoms with Gasteiger partial charge >= 0.3 is 0 Å². The van der Waals surface area contributed by atoms with Crippen LogP contribution in [-0.2, 0) is 6.54 Å². The highest BCUT2D eigenvalue weighted by Gasteiger charge is 2.10. The largest absolute Gasteiger partial charge is 0.330 e. The first-order chi connectivity index (χ1) is 8.04. The molecule has 0 spiro atoms. The highest BCUT2D eigenvalue weighted by Crippen LogP contribution is 2.11. The molecule has 0 aromatic heterocycles. The number of rotatable bonds is 6. The van der Waals surface area contributed by atoms with Crippen LogP contribution in [0, 0.1) is 25.7 Å². The van der Waals surface area contributed by atoms with Crippen LogP contribution in [0.3, 0.4) is 0 Å². The Hall–Kier alpha value is -0.860. The molecule has 0 amide bonds. The van der Waals surface area contributed by atoms with E-state index in [9.17, 15) is 0 Å². The van der Waals surface area contributed by atoms with Gasteiger partial charge in [-0.3, -0.25) is 0 Å². The van der Waals surface area contributed by atoms with Gasteiger partial charge in [-0.1, -0.05) is 32.0 Å². The summed E-state index contributed by atoms with van der Waals surface area (Å²) in [4.78, 5) is 0. The molecule has 0 fully saturated rings. The van der Waals surface area contributed by atoms with E-state index in [0.29, 0.717) is 11.8 Å². The number of hydrogen-bond acceptors (Lipinski definition) is 2. The molecule has 1 aromatic carbocycles. The average molecular weight is 234 g/mol. The van der Waals surface area contributed by atoms with E-state index < -0.39 is 0 Å². The quantitative estimate of drug-likeness (QED) is 0.794. The maximum atomic E-state index is 5.76. The van der Waals surface area contributed by atoms with Crippen molar-refractivity contribution in [3.63, 3.8) is 0 Å². The molecule has 1 aromatic rings. The van der Waals surface area contributed by atoms with Crippen LogP contribution in [0.4, 0.5) is 0 Å². The van der Waals surface area contributed by atoms with Crippen molar-refractivity contribution in [3.8, 4) is 0 Å². The van der Waals surface area contributed by atoms with Gasteiger partial charge in [0.15, 0.2) is 0 Å². The lowest BCUT2D eigenvalue weighted by Crippen LogP contribution is -2.31. The van der Waals surface area contributed by atoms with Gasteiger partial charge in [-0.25, -0.2) is 0 Å². The summed E-state index contributed by atoms with van der Waals surface area (Å²) >= 11 is 0. The van der Waals surface area contributed by atoms with Crippen molar-refractivity contribution in [2.45, 2.75) is 34.2 Å². The number of nitrogens with two attached hydrogens (primary N) is 1. The molecule has 17 heavy (non-hydrogen) atoms. The zero-order valence-electron chi connectivity index (χ0n) is 11.6. The van der Waals surface area contributed by atoms with Crippen molar-refractivity contribution < 1.29 is 0 Å². The first kappa shape index (κ1) is 14.2. The van der Waals surface area contributed by atoms with Gasteiger partial charge in [-0.05, 0) is 55.5 Å². The molecule has 2 heteroatoms. The molecular formula is C15H26N2. The smallest absolute Gasteiger partial charge is 0.0205 e. The van der Waals surface area contributed by atoms with E-state index in [1.807, 2.05) is 0 Å². The van der Waals surface area contributed by atoms with Crippen LogP contribution in [0.1, 0.15) is 30.5 Å². The van der Waals surface area contributed by atoms with Crippen molar-refractivity contribution >= 4 is 0 Å². The van der Waals surface area contributed by atoms with Gasteiger partial charge in [0.05, 0.1) is 0 Å². The highest BCUT2D eigenvalue weighted by atomic mass is 14.9. The molecule has 0 bridgehead atoms. The van der Waals surface area contributed by atoms with Gasteiger partial charge < -0.3 is 11.1 Å². The van der Waals surface area contributed by atoms with Gasteiger partial charge in [0.25, 0.3) is 0 Å². The maximum Gasteiger partial charge on any atom is 0.0205 e. The monoisotopic (exact) mass is 234 g/mol. The van der Waals surface area contributed by atoms with Crippen molar-refractivity contribution in [2.24, 2.45) is 17.6 Å². The van der Waals surface area contributed by atoms with Gasteiger partial charge in [-0.15, -0.1) is 0 Å². The number of aryl methyl sites for hydroxylation is 2. The van der Waals surface area contributed by atoms with Gasteiger partial charge in [0.2, 0.25) is 0 Å². The summed E-state index contributed by atoms with van der Waals surface area (Å²) in [5.74, 6) is 1.22. The molecule has 0 heterocycles. The molecule has 0 saturated heterocycles. The van der Waals surface area contributed by atoms with Crippen molar-refractivity contribution in [1.29, 1.82) is 0 Å². The van der Waals surface area contributed by atoms with E-state index in [0.717, 1.165) is 19.6 Å². The predicted molar refractivity (Wildman–Crippen MR) is 75.0 cm³/mol. The molecule has 0 radical (unpaired) electrons. The van der Waals surface area contributed by atoms with E-state index in [-0.39, 0.29) is 0 Å². The third kappa shape index (κ3) is 4.49. The van der Waals surface area contributed by atoms with Crippen LogP contribution in [0.5, 0.6) is 0 Å². The lowest BCUT2D eigenvalue weighted by molar-refractivity contribution is 0.370. The van der Waals surface area contributed by atoms with Crippen LogP contribution in [0.15, 0.2) is 18.2 Å². The minimum Gasteiger partial charge on any atom is -0.330 e. The Labute approximate surface area is 106 Å². The minimum atomic E-state index is 0.571. The third-order valence-electron chi connectivity index (χ3n) is 3.55. The SMILES string of the molecule is Cc1ccc(CNCC(CN)C(C)C)cc1C. The number of hydrogen-bond donors (Lipinski definition) is 2. The predicted octanol–water partition coefficient (Wildman–Crippen LogP) is 2.62. The first-order valence-corrected chi connectivity index (χ1v) is 6.51. The maximum absolute atomic E-state index is 5.76. The van der Waals surface area contributed by atoms with Crippen molar-refractivity contribution in [3.05, 3.63) is 34.9 Å². The molecule has 0 aliphatic carbocycles. The van der Waals surface area contributed by atoms with E-state index in [1.54, 1.807) is 0 Å². The number of nitrogens with one attached hydrogen (secondary N) is 1. The second-order valence-corrected chi connectivity index (χ2v) is 5.29. The standard InChI is InChI=1S/C15H26N2/c1-11(2)15(8-16)10-17-9-14-6-5-12(3)13(4)7-14/h5-7,11,15,17H,8-10,16H2,1-4H3. The summed E-state index contributed by atoms with van der Waals surface area (Å²) in [6, 6.07) is 6.65. The summed E-state index contributed by atoms with van der Waals surface area (Å²) in [5, 5.41) is 3.50. The molecule has 2 nitrogen and oxygen atoms in total. The lowest BCUT2D eigenvalue weighted by atomic mass is 9.96. The Morgan fingerprint density at radius 1 is 1.18 bits per heavy atom. The molecule has 96 valence electrons. The molecule has 0 aliphatic heterocycles. The Kier molecular flexibility index (Phi) is 5.66. The Balaban J connectivity index is 2.42. The van der Waals surface area contributed by atoms with E-state index in [1.165, 1.54) is 16.7 Å². The molecule has 1 atom stereocenters. The topological polar surface area (TPSA) is 38.0 Å². The van der Waals surface area contributed by atoms with Crippen LogP contribution in [0.2, 0.25) is 0 Å². The first-order valence-electron chi connectivity index (χ1n) is 6.51. The fourth-order valence-corrected chi connectivity index (χ4v) is 1.91. The van der Waals surface area contributed by atoms with Crippen LogP contribution in [-0.4, -0.2) is 13.1 Å². The zero-order chi connectivity index (χ0) is 12.8. The van der Waals surface area contributed by atoms with Gasteiger partial charge in [-0.2, -0.15) is 0 Å². The third-order valence-corrected chi connectivity index (χ3v) is 3.55.